The van der Waals surface area contributed by atoms with Crippen molar-refractivity contribution in [1.29, 1.82) is 0 Å². The molecule has 0 aliphatic heterocycles. The van der Waals surface area contributed by atoms with E-state index in [1.54, 1.807) is 25.1 Å². The summed E-state index contributed by atoms with van der Waals surface area (Å²) in [5.74, 6) is -2.06. The molecule has 0 spiro atoms. The molecule has 0 heterocycles. The van der Waals surface area contributed by atoms with Crippen molar-refractivity contribution in [2.45, 2.75) is 6.92 Å². The third kappa shape index (κ3) is 3.46. The number of carbonyl (C=O) groups is 4. The summed E-state index contributed by atoms with van der Waals surface area (Å²) in [6.45, 7) is 1.56. The highest BCUT2D eigenvalue weighted by Gasteiger charge is 2.28. The summed E-state index contributed by atoms with van der Waals surface area (Å²) in [7, 11) is 2.66. The minimum absolute atomic E-state index is 0.0208. The van der Waals surface area contributed by atoms with Gasteiger partial charge in [-0.05, 0) is 13.0 Å². The fourth-order valence-electron chi connectivity index (χ4n) is 2.41. The molecule has 0 fully saturated rings. The molecule has 0 bridgehead atoms. The Hall–Kier alpha value is -3.48. The number of hydrogen-bond acceptors (Lipinski definition) is 7. The molecule has 0 atom stereocenters. The summed E-state index contributed by atoms with van der Waals surface area (Å²) >= 11 is 0. The Balaban J connectivity index is 0.000000187. The van der Waals surface area contributed by atoms with Crippen molar-refractivity contribution in [3.63, 3.8) is 0 Å². The topological polar surface area (TPSA) is 107 Å². The predicted molar refractivity (Wildman–Crippen MR) is 91.2 cm³/mol. The van der Waals surface area contributed by atoms with Crippen LogP contribution in [0.25, 0.3) is 5.76 Å². The maximum absolute atomic E-state index is 11.4. The standard InChI is InChI=1S/C10H6O3.C9H10O4/c11-8-5-9(12)10(13)7-4-2-1-3-6(7)8;1-5-4-6(10)8(12-2)9(13-3)7(5)11/h1-5,11H;4H,1-3H3. The predicted octanol–water partition coefficient (Wildman–Crippen LogP) is 1.94. The monoisotopic (exact) mass is 356 g/mol. The quantitative estimate of drug-likeness (QED) is 0.637. The summed E-state index contributed by atoms with van der Waals surface area (Å²) in [6, 6.07) is 6.48. The first-order chi connectivity index (χ1) is 12.3. The van der Waals surface area contributed by atoms with Crippen LogP contribution in [-0.4, -0.2) is 42.5 Å². The lowest BCUT2D eigenvalue weighted by Gasteiger charge is -2.14. The molecule has 0 aromatic heterocycles. The molecule has 2 aliphatic rings. The van der Waals surface area contributed by atoms with Gasteiger partial charge < -0.3 is 14.6 Å². The van der Waals surface area contributed by atoms with Crippen molar-refractivity contribution in [1.82, 2.24) is 0 Å². The number of Topliss-reactive ketones (excluding diaryl/α,β-unsaturated/α-hetero) is 2. The third-order valence-corrected chi connectivity index (χ3v) is 3.69. The zero-order valence-electron chi connectivity index (χ0n) is 14.4. The molecule has 0 radical (unpaired) electrons. The van der Waals surface area contributed by atoms with Gasteiger partial charge in [0.2, 0.25) is 34.7 Å². The van der Waals surface area contributed by atoms with Crippen LogP contribution < -0.4 is 0 Å². The fourth-order valence-corrected chi connectivity index (χ4v) is 2.41. The van der Waals surface area contributed by atoms with E-state index in [1.165, 1.54) is 26.4 Å². The number of methoxy groups -OCH3 is 2. The van der Waals surface area contributed by atoms with E-state index in [9.17, 15) is 24.3 Å². The highest BCUT2D eigenvalue weighted by atomic mass is 16.5. The van der Waals surface area contributed by atoms with Crippen LogP contribution in [0, 0.1) is 0 Å². The van der Waals surface area contributed by atoms with E-state index in [0.717, 1.165) is 6.08 Å². The average Bonchev–Trinajstić information content (AvgIpc) is 2.63. The Morgan fingerprint density at radius 1 is 0.769 bits per heavy atom. The highest BCUT2D eigenvalue weighted by Crippen LogP contribution is 2.22. The van der Waals surface area contributed by atoms with Gasteiger partial charge in [-0.2, -0.15) is 0 Å². The molecule has 1 aromatic carbocycles. The maximum atomic E-state index is 11.4. The molecule has 26 heavy (non-hydrogen) atoms. The van der Waals surface area contributed by atoms with Crippen LogP contribution in [0.4, 0.5) is 0 Å². The van der Waals surface area contributed by atoms with E-state index in [-0.39, 0.29) is 34.4 Å². The van der Waals surface area contributed by atoms with Crippen molar-refractivity contribution in [3.8, 4) is 0 Å². The van der Waals surface area contributed by atoms with Crippen molar-refractivity contribution >= 4 is 28.9 Å². The molecule has 7 nitrogen and oxygen atoms in total. The molecular formula is C19H16O7. The number of ketones is 4. The minimum atomic E-state index is -0.670. The van der Waals surface area contributed by atoms with Gasteiger partial charge in [0.05, 0.1) is 14.2 Å². The number of allylic oxidation sites excluding steroid dienone is 3. The normalized spacial score (nSPS) is 16.3. The first-order valence-electron chi connectivity index (χ1n) is 7.50. The van der Waals surface area contributed by atoms with E-state index in [4.69, 9.17) is 9.47 Å². The van der Waals surface area contributed by atoms with Crippen LogP contribution in [0.2, 0.25) is 0 Å². The van der Waals surface area contributed by atoms with Crippen molar-refractivity contribution in [3.05, 3.63) is 64.6 Å². The highest BCUT2D eigenvalue weighted by molar-refractivity contribution is 6.50. The van der Waals surface area contributed by atoms with Crippen molar-refractivity contribution in [2.75, 3.05) is 14.2 Å². The zero-order chi connectivity index (χ0) is 19.4. The second-order valence-corrected chi connectivity index (χ2v) is 5.36. The van der Waals surface area contributed by atoms with Crippen molar-refractivity contribution < 1.29 is 33.8 Å². The number of carbonyl (C=O) groups excluding carboxylic acids is 4. The molecule has 0 unspecified atom stereocenters. The fraction of sp³-hybridized carbons (Fsp3) is 0.158. The molecule has 1 N–H and O–H groups in total. The van der Waals surface area contributed by atoms with Gasteiger partial charge in [0.15, 0.2) is 0 Å². The van der Waals surface area contributed by atoms with Gasteiger partial charge >= 0.3 is 0 Å². The van der Waals surface area contributed by atoms with E-state index in [1.807, 2.05) is 0 Å². The van der Waals surface area contributed by atoms with Crippen molar-refractivity contribution in [2.24, 2.45) is 0 Å². The number of aliphatic hydroxyl groups is 1. The molecular weight excluding hydrogens is 340 g/mol. The van der Waals surface area contributed by atoms with E-state index < -0.39 is 11.6 Å². The smallest absolute Gasteiger partial charge is 0.233 e. The Morgan fingerprint density at radius 2 is 1.35 bits per heavy atom. The third-order valence-electron chi connectivity index (χ3n) is 3.69. The Kier molecular flexibility index (Phi) is 5.51. The number of hydrogen-bond donors (Lipinski definition) is 1. The van der Waals surface area contributed by atoms with E-state index in [0.29, 0.717) is 11.1 Å². The van der Waals surface area contributed by atoms with Crippen LogP contribution in [0.1, 0.15) is 22.8 Å². The van der Waals surface area contributed by atoms with Gasteiger partial charge in [0.25, 0.3) is 0 Å². The summed E-state index contributed by atoms with van der Waals surface area (Å²) in [5.41, 5.74) is 1.06. The van der Waals surface area contributed by atoms with Crippen LogP contribution in [0.3, 0.4) is 0 Å². The summed E-state index contributed by atoms with van der Waals surface area (Å²) < 4.78 is 9.56. The molecule has 0 saturated carbocycles. The number of ether oxygens (including phenoxy) is 2. The molecule has 1 aromatic rings. The average molecular weight is 356 g/mol. The summed E-state index contributed by atoms with van der Waals surface area (Å²) in [5, 5.41) is 9.34. The Bertz CT molecular complexity index is 900. The van der Waals surface area contributed by atoms with E-state index >= 15 is 0 Å². The zero-order valence-corrected chi connectivity index (χ0v) is 14.4. The lowest BCUT2D eigenvalue weighted by molar-refractivity contribution is -0.120. The largest absolute Gasteiger partial charge is 0.507 e. The molecule has 2 aliphatic carbocycles. The van der Waals surface area contributed by atoms with Crippen LogP contribution >= 0.6 is 0 Å². The SMILES string of the molecule is COC1=C(OC)C(=O)C(C)=CC1=O.O=C1C=C(O)c2ccccc2C1=O. The van der Waals surface area contributed by atoms with Gasteiger partial charge in [0, 0.05) is 22.8 Å². The lowest BCUT2D eigenvalue weighted by atomic mass is 9.94. The first kappa shape index (κ1) is 18.9. The summed E-state index contributed by atoms with van der Waals surface area (Å²) in [4.78, 5) is 44.9. The minimum Gasteiger partial charge on any atom is -0.507 e. The number of fused-ring (bicyclic) bond motifs is 1. The van der Waals surface area contributed by atoms with Crippen LogP contribution in [0.5, 0.6) is 0 Å². The molecule has 0 amide bonds. The van der Waals surface area contributed by atoms with Crippen LogP contribution in [-0.2, 0) is 23.9 Å². The molecule has 3 rings (SSSR count). The molecule has 0 saturated heterocycles. The maximum Gasteiger partial charge on any atom is 0.233 e. The van der Waals surface area contributed by atoms with Crippen LogP contribution in [0.15, 0.2) is 53.5 Å². The van der Waals surface area contributed by atoms with Gasteiger partial charge in [-0.15, -0.1) is 0 Å². The Morgan fingerprint density at radius 3 is 1.92 bits per heavy atom. The Labute approximate surface area is 149 Å². The van der Waals surface area contributed by atoms with E-state index in [2.05, 4.69) is 0 Å². The summed E-state index contributed by atoms with van der Waals surface area (Å²) in [6.07, 6.45) is 2.19. The van der Waals surface area contributed by atoms with Gasteiger partial charge in [-0.25, -0.2) is 0 Å². The van der Waals surface area contributed by atoms with Gasteiger partial charge in [-0.3, -0.25) is 19.2 Å². The second-order valence-electron chi connectivity index (χ2n) is 5.36. The molecule has 134 valence electrons. The van der Waals surface area contributed by atoms with Gasteiger partial charge in [-0.1, -0.05) is 24.3 Å². The first-order valence-corrected chi connectivity index (χ1v) is 7.50. The number of rotatable bonds is 2. The number of benzene rings is 1. The second kappa shape index (κ2) is 7.60. The number of aliphatic hydroxyl groups excluding tert-OH is 1. The molecule has 7 heteroatoms. The lowest BCUT2D eigenvalue weighted by Crippen LogP contribution is -2.20. The van der Waals surface area contributed by atoms with Gasteiger partial charge in [0.1, 0.15) is 5.76 Å².